The van der Waals surface area contributed by atoms with Crippen molar-refractivity contribution in [1.82, 2.24) is 15.0 Å². The molecule has 0 amide bonds. The first-order chi connectivity index (χ1) is 7.33. The van der Waals surface area contributed by atoms with E-state index in [9.17, 15) is 0 Å². The van der Waals surface area contributed by atoms with Gasteiger partial charge in [-0.15, -0.1) is 0 Å². The minimum Gasteiger partial charge on any atom is -0.384 e. The van der Waals surface area contributed by atoms with Crippen molar-refractivity contribution < 1.29 is 0 Å². The van der Waals surface area contributed by atoms with E-state index in [4.69, 9.17) is 5.73 Å². The SMILES string of the molecule is Nc1cccc(-c2ncc(C3CC3)[nH]2)n1. The maximum Gasteiger partial charge on any atom is 0.156 e. The zero-order chi connectivity index (χ0) is 10.3. The zero-order valence-electron chi connectivity index (χ0n) is 8.27. The molecule has 0 aromatic carbocycles. The first-order valence-electron chi connectivity index (χ1n) is 5.11. The third-order valence-corrected chi connectivity index (χ3v) is 2.63. The number of hydrogen-bond donors (Lipinski definition) is 2. The Labute approximate surface area is 87.6 Å². The zero-order valence-corrected chi connectivity index (χ0v) is 8.27. The fourth-order valence-electron chi connectivity index (χ4n) is 1.65. The predicted octanol–water partition coefficient (Wildman–Crippen LogP) is 1.93. The summed E-state index contributed by atoms with van der Waals surface area (Å²) in [6.07, 6.45) is 4.44. The normalized spacial score (nSPS) is 15.5. The summed E-state index contributed by atoms with van der Waals surface area (Å²) in [5.41, 5.74) is 7.65. The van der Waals surface area contributed by atoms with E-state index in [1.54, 1.807) is 6.07 Å². The van der Waals surface area contributed by atoms with E-state index in [-0.39, 0.29) is 0 Å². The molecule has 0 spiro atoms. The average Bonchev–Trinajstić information content (AvgIpc) is 2.97. The molecule has 1 aliphatic rings. The number of aromatic amines is 1. The van der Waals surface area contributed by atoms with Crippen LogP contribution in [0.5, 0.6) is 0 Å². The van der Waals surface area contributed by atoms with Gasteiger partial charge in [-0.05, 0) is 25.0 Å². The van der Waals surface area contributed by atoms with Gasteiger partial charge in [-0.1, -0.05) is 6.07 Å². The van der Waals surface area contributed by atoms with Crippen LogP contribution in [0.2, 0.25) is 0 Å². The second kappa shape index (κ2) is 3.08. The highest BCUT2D eigenvalue weighted by atomic mass is 15.0. The number of nitrogens with two attached hydrogens (primary N) is 1. The van der Waals surface area contributed by atoms with Crippen LogP contribution in [0.15, 0.2) is 24.4 Å². The lowest BCUT2D eigenvalue weighted by molar-refractivity contribution is 1.05. The van der Waals surface area contributed by atoms with E-state index in [2.05, 4.69) is 15.0 Å². The summed E-state index contributed by atoms with van der Waals surface area (Å²) in [5.74, 6) is 2.02. The van der Waals surface area contributed by atoms with Gasteiger partial charge in [0.1, 0.15) is 11.5 Å². The summed E-state index contributed by atoms with van der Waals surface area (Å²) in [5, 5.41) is 0. The van der Waals surface area contributed by atoms with Crippen LogP contribution in [-0.2, 0) is 0 Å². The lowest BCUT2D eigenvalue weighted by Crippen LogP contribution is -1.92. The lowest BCUT2D eigenvalue weighted by Gasteiger charge is -1.97. The third kappa shape index (κ3) is 1.58. The smallest absolute Gasteiger partial charge is 0.156 e. The molecule has 1 aliphatic carbocycles. The Bertz CT molecular complexity index is 485. The van der Waals surface area contributed by atoms with E-state index >= 15 is 0 Å². The first kappa shape index (κ1) is 8.47. The number of rotatable bonds is 2. The molecular weight excluding hydrogens is 188 g/mol. The first-order valence-corrected chi connectivity index (χ1v) is 5.11. The van der Waals surface area contributed by atoms with Gasteiger partial charge in [-0.3, -0.25) is 0 Å². The molecular formula is C11H12N4. The Hall–Kier alpha value is -1.84. The molecule has 2 aromatic heterocycles. The van der Waals surface area contributed by atoms with Crippen molar-refractivity contribution in [2.24, 2.45) is 0 Å². The number of H-pyrrole nitrogens is 1. The van der Waals surface area contributed by atoms with Gasteiger partial charge in [0.2, 0.25) is 0 Å². The molecule has 3 rings (SSSR count). The Morgan fingerprint density at radius 2 is 2.20 bits per heavy atom. The number of imidazole rings is 1. The minimum atomic E-state index is 0.525. The van der Waals surface area contributed by atoms with E-state index < -0.39 is 0 Å². The van der Waals surface area contributed by atoms with Crippen LogP contribution in [0.1, 0.15) is 24.5 Å². The summed E-state index contributed by atoms with van der Waals surface area (Å²) in [7, 11) is 0. The van der Waals surface area contributed by atoms with Crippen molar-refractivity contribution in [3.63, 3.8) is 0 Å². The number of nitrogens with one attached hydrogen (secondary N) is 1. The lowest BCUT2D eigenvalue weighted by atomic mass is 10.3. The average molecular weight is 200 g/mol. The largest absolute Gasteiger partial charge is 0.384 e. The van der Waals surface area contributed by atoms with Gasteiger partial charge in [0.15, 0.2) is 5.82 Å². The van der Waals surface area contributed by atoms with Gasteiger partial charge in [-0.2, -0.15) is 0 Å². The molecule has 0 aliphatic heterocycles. The third-order valence-electron chi connectivity index (χ3n) is 2.63. The van der Waals surface area contributed by atoms with Crippen LogP contribution in [0, 0.1) is 0 Å². The second-order valence-electron chi connectivity index (χ2n) is 3.91. The summed E-state index contributed by atoms with van der Waals surface area (Å²) >= 11 is 0. The van der Waals surface area contributed by atoms with Gasteiger partial charge in [-0.25, -0.2) is 9.97 Å². The summed E-state index contributed by atoms with van der Waals surface area (Å²) in [6, 6.07) is 5.57. The molecule has 15 heavy (non-hydrogen) atoms. The van der Waals surface area contributed by atoms with Crippen LogP contribution in [0.25, 0.3) is 11.5 Å². The van der Waals surface area contributed by atoms with Crippen LogP contribution >= 0.6 is 0 Å². The Balaban J connectivity index is 1.97. The fourth-order valence-corrected chi connectivity index (χ4v) is 1.65. The Kier molecular flexibility index (Phi) is 1.74. The summed E-state index contributed by atoms with van der Waals surface area (Å²) in [4.78, 5) is 11.8. The highest BCUT2D eigenvalue weighted by Crippen LogP contribution is 2.39. The molecule has 1 saturated carbocycles. The van der Waals surface area contributed by atoms with Crippen molar-refractivity contribution in [2.75, 3.05) is 5.73 Å². The molecule has 1 fully saturated rings. The number of hydrogen-bond acceptors (Lipinski definition) is 3. The monoisotopic (exact) mass is 200 g/mol. The van der Waals surface area contributed by atoms with Crippen molar-refractivity contribution in [1.29, 1.82) is 0 Å². The molecule has 2 heterocycles. The van der Waals surface area contributed by atoms with E-state index in [1.807, 2.05) is 18.3 Å². The van der Waals surface area contributed by atoms with Crippen LogP contribution in [-0.4, -0.2) is 15.0 Å². The quantitative estimate of drug-likeness (QED) is 0.778. The molecule has 4 nitrogen and oxygen atoms in total. The standard InChI is InChI=1S/C11H12N4/c12-10-3-1-2-8(14-10)11-13-6-9(15-11)7-4-5-7/h1-3,6-7H,4-5H2,(H2,12,14)(H,13,15). The molecule has 0 saturated heterocycles. The molecule has 4 heteroatoms. The molecule has 3 N–H and O–H groups in total. The maximum atomic E-state index is 5.62. The highest BCUT2D eigenvalue weighted by Gasteiger charge is 2.25. The topological polar surface area (TPSA) is 67.6 Å². The van der Waals surface area contributed by atoms with Gasteiger partial charge in [0.25, 0.3) is 0 Å². The van der Waals surface area contributed by atoms with E-state index in [0.717, 1.165) is 11.5 Å². The van der Waals surface area contributed by atoms with E-state index in [0.29, 0.717) is 11.7 Å². The molecule has 2 aromatic rings. The van der Waals surface area contributed by atoms with E-state index in [1.165, 1.54) is 18.5 Å². The number of nitrogen functional groups attached to an aromatic ring is 1. The Morgan fingerprint density at radius 3 is 2.93 bits per heavy atom. The number of nitrogens with zero attached hydrogens (tertiary/aromatic N) is 2. The van der Waals surface area contributed by atoms with Crippen LogP contribution in [0.4, 0.5) is 5.82 Å². The fraction of sp³-hybridized carbons (Fsp3) is 0.273. The molecule has 0 unspecified atom stereocenters. The molecule has 0 bridgehead atoms. The van der Waals surface area contributed by atoms with Gasteiger partial charge < -0.3 is 10.7 Å². The second-order valence-corrected chi connectivity index (χ2v) is 3.91. The predicted molar refractivity (Wildman–Crippen MR) is 58.2 cm³/mol. The number of anilines is 1. The van der Waals surface area contributed by atoms with Crippen molar-refractivity contribution in [3.05, 3.63) is 30.1 Å². The molecule has 76 valence electrons. The van der Waals surface area contributed by atoms with Crippen LogP contribution < -0.4 is 5.73 Å². The van der Waals surface area contributed by atoms with Crippen LogP contribution in [0.3, 0.4) is 0 Å². The number of aromatic nitrogens is 3. The van der Waals surface area contributed by atoms with Gasteiger partial charge in [0, 0.05) is 17.8 Å². The minimum absolute atomic E-state index is 0.525. The van der Waals surface area contributed by atoms with Crippen molar-refractivity contribution in [3.8, 4) is 11.5 Å². The summed E-state index contributed by atoms with van der Waals surface area (Å²) in [6.45, 7) is 0. The maximum absolute atomic E-state index is 5.62. The highest BCUT2D eigenvalue weighted by molar-refractivity contribution is 5.52. The summed E-state index contributed by atoms with van der Waals surface area (Å²) < 4.78 is 0. The van der Waals surface area contributed by atoms with Crippen molar-refractivity contribution in [2.45, 2.75) is 18.8 Å². The number of pyridine rings is 1. The Morgan fingerprint density at radius 1 is 1.33 bits per heavy atom. The van der Waals surface area contributed by atoms with Gasteiger partial charge >= 0.3 is 0 Å². The van der Waals surface area contributed by atoms with Gasteiger partial charge in [0.05, 0.1) is 0 Å². The molecule has 0 atom stereocenters. The molecule has 0 radical (unpaired) electrons. The van der Waals surface area contributed by atoms with Crippen molar-refractivity contribution >= 4 is 5.82 Å².